The van der Waals surface area contributed by atoms with E-state index in [1.165, 1.54) is 11.8 Å². The van der Waals surface area contributed by atoms with E-state index in [9.17, 15) is 14.9 Å². The minimum Gasteiger partial charge on any atom is -0.492 e. The van der Waals surface area contributed by atoms with Crippen LogP contribution in [0.25, 0.3) is 11.3 Å². The average Bonchev–Trinajstić information content (AvgIpc) is 2.62. The van der Waals surface area contributed by atoms with E-state index in [4.69, 9.17) is 9.47 Å². The van der Waals surface area contributed by atoms with Gasteiger partial charge in [-0.3, -0.25) is 9.59 Å². The number of hydrogen-bond donors (Lipinski definition) is 1. The molecule has 0 amide bonds. The topological polar surface area (TPSA) is 105 Å². The molecule has 1 N–H and O–H groups in total. The van der Waals surface area contributed by atoms with E-state index in [0.717, 1.165) is 4.47 Å². The highest BCUT2D eigenvalue weighted by Crippen LogP contribution is 2.33. The smallest absolute Gasteiger partial charge is 0.309 e. The number of ether oxygens (including phenoxy) is 2. The second-order valence-corrected chi connectivity index (χ2v) is 6.67. The van der Waals surface area contributed by atoms with Crippen LogP contribution in [0.1, 0.15) is 18.9 Å². The molecular weight excluding hydrogens is 422 g/mol. The molecule has 7 nitrogen and oxygen atoms in total. The molecule has 1 aromatic carbocycles. The third-order valence-electron chi connectivity index (χ3n) is 3.27. The van der Waals surface area contributed by atoms with Crippen LogP contribution in [0, 0.1) is 11.3 Å². The van der Waals surface area contributed by atoms with Gasteiger partial charge >= 0.3 is 5.97 Å². The monoisotopic (exact) mass is 437 g/mol. The average molecular weight is 438 g/mol. The number of halogens is 1. The van der Waals surface area contributed by atoms with Crippen LogP contribution in [-0.4, -0.2) is 35.4 Å². The first-order valence-electron chi connectivity index (χ1n) is 7.66. The van der Waals surface area contributed by atoms with Gasteiger partial charge in [0.15, 0.2) is 5.16 Å². The molecular formula is C17H16BrN3O4S. The van der Waals surface area contributed by atoms with E-state index in [0.29, 0.717) is 23.1 Å². The predicted octanol–water partition coefficient (Wildman–Crippen LogP) is 3.12. The van der Waals surface area contributed by atoms with Crippen LogP contribution in [0.3, 0.4) is 0 Å². The van der Waals surface area contributed by atoms with Gasteiger partial charge in [0.25, 0.3) is 5.56 Å². The quantitative estimate of drug-likeness (QED) is 0.402. The molecule has 0 saturated heterocycles. The molecule has 9 heteroatoms. The number of nitrogens with one attached hydrogen (secondary N) is 1. The van der Waals surface area contributed by atoms with Gasteiger partial charge in [0.1, 0.15) is 23.1 Å². The summed E-state index contributed by atoms with van der Waals surface area (Å²) in [6.45, 7) is 2.15. The molecule has 0 aliphatic carbocycles. The van der Waals surface area contributed by atoms with Crippen LogP contribution in [0.15, 0.2) is 32.6 Å². The molecule has 1 heterocycles. The lowest BCUT2D eigenvalue weighted by molar-refractivity contribution is -0.143. The number of thioether (sulfide) groups is 1. The van der Waals surface area contributed by atoms with Crippen molar-refractivity contribution in [3.05, 3.63) is 38.6 Å². The van der Waals surface area contributed by atoms with Gasteiger partial charge in [0, 0.05) is 10.0 Å². The Morgan fingerprint density at radius 1 is 1.46 bits per heavy atom. The number of benzene rings is 1. The number of carbonyl (C=O) groups excluding carboxylic acids is 1. The van der Waals surface area contributed by atoms with Gasteiger partial charge in [0.2, 0.25) is 0 Å². The van der Waals surface area contributed by atoms with Crippen molar-refractivity contribution >= 4 is 33.7 Å². The summed E-state index contributed by atoms with van der Waals surface area (Å²) < 4.78 is 11.3. The lowest BCUT2D eigenvalue weighted by Gasteiger charge is -2.13. The Labute approximate surface area is 162 Å². The maximum absolute atomic E-state index is 12.2. The van der Waals surface area contributed by atoms with Crippen molar-refractivity contribution in [2.45, 2.75) is 18.5 Å². The number of carbonyl (C=O) groups is 1. The lowest BCUT2D eigenvalue weighted by Crippen LogP contribution is -2.15. The molecule has 0 atom stereocenters. The lowest BCUT2D eigenvalue weighted by atomic mass is 10.1. The fraction of sp³-hybridized carbons (Fsp3) is 0.294. The Hall–Kier alpha value is -2.31. The molecule has 2 aromatic rings. The molecule has 0 radical (unpaired) electrons. The van der Waals surface area contributed by atoms with Gasteiger partial charge in [-0.05, 0) is 31.4 Å². The fourth-order valence-corrected chi connectivity index (χ4v) is 2.88. The molecule has 2 rings (SSSR count). The summed E-state index contributed by atoms with van der Waals surface area (Å²) in [6, 6.07) is 7.06. The van der Waals surface area contributed by atoms with E-state index in [1.54, 1.807) is 31.4 Å². The van der Waals surface area contributed by atoms with Gasteiger partial charge < -0.3 is 14.5 Å². The zero-order valence-corrected chi connectivity index (χ0v) is 16.6. The van der Waals surface area contributed by atoms with Gasteiger partial charge in [-0.25, -0.2) is 4.98 Å². The highest BCUT2D eigenvalue weighted by molar-refractivity contribution is 9.10. The van der Waals surface area contributed by atoms with Crippen molar-refractivity contribution in [3.8, 4) is 23.1 Å². The fourth-order valence-electron chi connectivity index (χ4n) is 2.14. The van der Waals surface area contributed by atoms with E-state index in [1.807, 2.05) is 6.07 Å². The Balaban J connectivity index is 2.42. The van der Waals surface area contributed by atoms with Crippen LogP contribution < -0.4 is 10.3 Å². The minimum atomic E-state index is -0.515. The zero-order chi connectivity index (χ0) is 19.1. The van der Waals surface area contributed by atoms with Crippen LogP contribution >= 0.6 is 27.7 Å². The van der Waals surface area contributed by atoms with Gasteiger partial charge in [-0.15, -0.1) is 0 Å². The molecule has 0 aliphatic heterocycles. The first-order valence-corrected chi connectivity index (χ1v) is 9.68. The van der Waals surface area contributed by atoms with Crippen LogP contribution in [0.5, 0.6) is 5.75 Å². The summed E-state index contributed by atoms with van der Waals surface area (Å²) in [5.74, 6) is 0.0574. The van der Waals surface area contributed by atoms with E-state index >= 15 is 0 Å². The predicted molar refractivity (Wildman–Crippen MR) is 101 cm³/mol. The normalized spacial score (nSPS) is 10.2. The van der Waals surface area contributed by atoms with Crippen molar-refractivity contribution in [2.24, 2.45) is 0 Å². The second kappa shape index (κ2) is 9.40. The zero-order valence-electron chi connectivity index (χ0n) is 14.2. The Bertz CT molecular complexity index is 908. The van der Waals surface area contributed by atoms with Gasteiger partial charge in [-0.1, -0.05) is 27.7 Å². The number of esters is 1. The van der Waals surface area contributed by atoms with Crippen LogP contribution in [0.4, 0.5) is 0 Å². The second-order valence-electron chi connectivity index (χ2n) is 4.95. The van der Waals surface area contributed by atoms with E-state index in [2.05, 4.69) is 25.9 Å². The third-order valence-corrected chi connectivity index (χ3v) is 4.34. The number of nitrogens with zero attached hydrogens (tertiary/aromatic N) is 2. The summed E-state index contributed by atoms with van der Waals surface area (Å²) in [6.07, 6.45) is 1.86. The molecule has 136 valence electrons. The van der Waals surface area contributed by atoms with Gasteiger partial charge in [0.05, 0.1) is 19.6 Å². The van der Waals surface area contributed by atoms with E-state index in [-0.39, 0.29) is 30.3 Å². The number of rotatable bonds is 7. The molecule has 1 aromatic heterocycles. The molecule has 26 heavy (non-hydrogen) atoms. The molecule has 0 fully saturated rings. The molecule has 0 saturated carbocycles. The molecule has 0 spiro atoms. The maximum atomic E-state index is 12.2. The summed E-state index contributed by atoms with van der Waals surface area (Å²) >= 11 is 4.63. The Morgan fingerprint density at radius 2 is 2.23 bits per heavy atom. The van der Waals surface area contributed by atoms with Gasteiger partial charge in [-0.2, -0.15) is 5.26 Å². The minimum absolute atomic E-state index is 0.0906. The van der Waals surface area contributed by atoms with Crippen LogP contribution in [0.2, 0.25) is 0 Å². The number of nitriles is 1. The number of hydrogen-bond acceptors (Lipinski definition) is 7. The highest BCUT2D eigenvalue weighted by atomic mass is 79.9. The standard InChI is InChI=1S/C17H16BrN3O4S/c1-3-24-14(22)6-7-25-13-5-4-10(18)8-11(13)15-12(9-19)16(23)21-17(20-15)26-2/h4-5,8H,3,6-7H2,1-2H3,(H,20,21,23). The number of aromatic nitrogens is 2. The Kier molecular flexibility index (Phi) is 7.24. The first kappa shape index (κ1) is 20.0. The van der Waals surface area contributed by atoms with E-state index < -0.39 is 5.56 Å². The van der Waals surface area contributed by atoms with Crippen molar-refractivity contribution in [1.29, 1.82) is 5.26 Å². The summed E-state index contributed by atoms with van der Waals surface area (Å²) in [5.41, 5.74) is 0.102. The highest BCUT2D eigenvalue weighted by Gasteiger charge is 2.18. The SMILES string of the molecule is CCOC(=O)CCOc1ccc(Br)cc1-c1nc(SC)[nH]c(=O)c1C#N. The molecule has 0 unspecified atom stereocenters. The maximum Gasteiger partial charge on any atom is 0.309 e. The van der Waals surface area contributed by atoms with Crippen LogP contribution in [-0.2, 0) is 9.53 Å². The van der Waals surface area contributed by atoms with Crippen molar-refractivity contribution < 1.29 is 14.3 Å². The largest absolute Gasteiger partial charge is 0.492 e. The molecule has 0 aliphatic rings. The molecule has 0 bridgehead atoms. The number of aromatic amines is 1. The van der Waals surface area contributed by atoms with Crippen molar-refractivity contribution in [3.63, 3.8) is 0 Å². The van der Waals surface area contributed by atoms with Crippen molar-refractivity contribution in [1.82, 2.24) is 9.97 Å². The summed E-state index contributed by atoms with van der Waals surface area (Å²) in [5, 5.41) is 9.75. The number of H-pyrrole nitrogens is 1. The Morgan fingerprint density at radius 3 is 2.88 bits per heavy atom. The summed E-state index contributed by atoms with van der Waals surface area (Å²) in [7, 11) is 0. The first-order chi connectivity index (χ1) is 12.5. The van der Waals surface area contributed by atoms with Crippen molar-refractivity contribution in [2.75, 3.05) is 19.5 Å². The summed E-state index contributed by atoms with van der Waals surface area (Å²) in [4.78, 5) is 30.5. The third kappa shape index (κ3) is 4.86.